The molecule has 0 spiro atoms. The first-order valence-corrected chi connectivity index (χ1v) is 6.38. The number of aryl methyl sites for hydroxylation is 1. The highest BCUT2D eigenvalue weighted by Crippen LogP contribution is 2.26. The van der Waals surface area contributed by atoms with E-state index in [0.717, 1.165) is 5.75 Å². The molecule has 100 valence electrons. The molecule has 0 atom stereocenters. The molecule has 0 aliphatic heterocycles. The van der Waals surface area contributed by atoms with Crippen molar-refractivity contribution in [1.29, 1.82) is 0 Å². The van der Waals surface area contributed by atoms with E-state index in [-0.39, 0.29) is 0 Å². The van der Waals surface area contributed by atoms with Crippen molar-refractivity contribution in [2.24, 2.45) is 0 Å². The molecule has 0 amide bonds. The monoisotopic (exact) mass is 257 g/mol. The standard InChI is InChI=1S/C15H19N3O/c1-10(2)13-6-5-12(7-11(13)3)19-15-9-17-8-14(16-4)18-15/h5-10H,1-4H3,(H,16,18). The zero-order valence-electron chi connectivity index (χ0n) is 11.8. The molecule has 2 rings (SSSR count). The first-order chi connectivity index (χ1) is 9.10. The van der Waals surface area contributed by atoms with Crippen molar-refractivity contribution in [1.82, 2.24) is 9.97 Å². The fraction of sp³-hybridized carbons (Fsp3) is 0.333. The van der Waals surface area contributed by atoms with Gasteiger partial charge in [-0.2, -0.15) is 4.98 Å². The van der Waals surface area contributed by atoms with E-state index in [1.54, 1.807) is 19.4 Å². The molecule has 2 aromatic rings. The molecule has 0 unspecified atom stereocenters. The number of nitrogens with one attached hydrogen (secondary N) is 1. The molecule has 19 heavy (non-hydrogen) atoms. The molecule has 0 bridgehead atoms. The van der Waals surface area contributed by atoms with Gasteiger partial charge in [0.15, 0.2) is 0 Å². The second-order valence-electron chi connectivity index (χ2n) is 4.77. The zero-order chi connectivity index (χ0) is 13.8. The maximum Gasteiger partial charge on any atom is 0.239 e. The fourth-order valence-electron chi connectivity index (χ4n) is 2.00. The van der Waals surface area contributed by atoms with Crippen LogP contribution in [0.1, 0.15) is 30.9 Å². The van der Waals surface area contributed by atoms with E-state index < -0.39 is 0 Å². The minimum absolute atomic E-state index is 0.489. The van der Waals surface area contributed by atoms with Gasteiger partial charge in [-0.05, 0) is 36.1 Å². The van der Waals surface area contributed by atoms with Gasteiger partial charge in [0.2, 0.25) is 5.88 Å². The number of hydrogen-bond acceptors (Lipinski definition) is 4. The van der Waals surface area contributed by atoms with Gasteiger partial charge in [0.05, 0.1) is 12.4 Å². The lowest BCUT2D eigenvalue weighted by atomic mass is 9.98. The highest BCUT2D eigenvalue weighted by molar-refractivity contribution is 5.39. The average Bonchev–Trinajstić information content (AvgIpc) is 2.38. The number of rotatable bonds is 4. The van der Waals surface area contributed by atoms with E-state index in [0.29, 0.717) is 17.6 Å². The van der Waals surface area contributed by atoms with Gasteiger partial charge >= 0.3 is 0 Å². The first kappa shape index (κ1) is 13.3. The summed E-state index contributed by atoms with van der Waals surface area (Å²) in [4.78, 5) is 8.35. The fourth-order valence-corrected chi connectivity index (χ4v) is 2.00. The summed E-state index contributed by atoms with van der Waals surface area (Å²) in [6, 6.07) is 6.10. The summed E-state index contributed by atoms with van der Waals surface area (Å²) in [6.45, 7) is 6.47. The Labute approximate surface area is 113 Å². The molecule has 1 heterocycles. The van der Waals surface area contributed by atoms with E-state index >= 15 is 0 Å². The van der Waals surface area contributed by atoms with Crippen molar-refractivity contribution in [2.75, 3.05) is 12.4 Å². The summed E-state index contributed by atoms with van der Waals surface area (Å²) >= 11 is 0. The molecular weight excluding hydrogens is 238 g/mol. The van der Waals surface area contributed by atoms with Crippen molar-refractivity contribution < 1.29 is 4.74 Å². The Morgan fingerprint density at radius 1 is 1.21 bits per heavy atom. The van der Waals surface area contributed by atoms with Gasteiger partial charge in [-0.3, -0.25) is 4.98 Å². The lowest BCUT2D eigenvalue weighted by molar-refractivity contribution is 0.460. The van der Waals surface area contributed by atoms with Crippen LogP contribution < -0.4 is 10.1 Å². The summed E-state index contributed by atoms with van der Waals surface area (Å²) in [7, 11) is 1.80. The largest absolute Gasteiger partial charge is 0.437 e. The Kier molecular flexibility index (Phi) is 4.00. The number of hydrogen-bond donors (Lipinski definition) is 1. The lowest BCUT2D eigenvalue weighted by Gasteiger charge is -2.12. The Hall–Kier alpha value is -2.10. The molecule has 0 saturated heterocycles. The van der Waals surface area contributed by atoms with Crippen molar-refractivity contribution in [3.63, 3.8) is 0 Å². The number of nitrogens with zero attached hydrogens (tertiary/aromatic N) is 2. The summed E-state index contributed by atoms with van der Waals surface area (Å²) in [5, 5.41) is 2.93. The Morgan fingerprint density at radius 2 is 2.00 bits per heavy atom. The highest BCUT2D eigenvalue weighted by Gasteiger charge is 2.06. The Bertz CT molecular complexity index is 567. The Morgan fingerprint density at radius 3 is 2.63 bits per heavy atom. The summed E-state index contributed by atoms with van der Waals surface area (Å²) in [5.74, 6) is 2.47. The summed E-state index contributed by atoms with van der Waals surface area (Å²) < 4.78 is 5.72. The average molecular weight is 257 g/mol. The van der Waals surface area contributed by atoms with E-state index in [1.807, 2.05) is 12.1 Å². The third kappa shape index (κ3) is 3.22. The smallest absolute Gasteiger partial charge is 0.239 e. The van der Waals surface area contributed by atoms with Crippen molar-refractivity contribution in [3.8, 4) is 11.6 Å². The quantitative estimate of drug-likeness (QED) is 0.906. The predicted molar refractivity (Wildman–Crippen MR) is 76.9 cm³/mol. The predicted octanol–water partition coefficient (Wildman–Crippen LogP) is 3.74. The van der Waals surface area contributed by atoms with Crippen LogP contribution in [0.25, 0.3) is 0 Å². The van der Waals surface area contributed by atoms with E-state index in [4.69, 9.17) is 4.74 Å². The van der Waals surface area contributed by atoms with Gasteiger partial charge in [-0.15, -0.1) is 0 Å². The topological polar surface area (TPSA) is 47.0 Å². The molecule has 0 radical (unpaired) electrons. The van der Waals surface area contributed by atoms with Crippen LogP contribution in [0.4, 0.5) is 5.82 Å². The van der Waals surface area contributed by atoms with Crippen LogP contribution in [-0.4, -0.2) is 17.0 Å². The van der Waals surface area contributed by atoms with Gasteiger partial charge in [0, 0.05) is 7.05 Å². The third-order valence-corrected chi connectivity index (χ3v) is 2.95. The molecule has 4 nitrogen and oxygen atoms in total. The van der Waals surface area contributed by atoms with Crippen LogP contribution in [0.5, 0.6) is 11.6 Å². The first-order valence-electron chi connectivity index (χ1n) is 6.38. The molecule has 1 aromatic carbocycles. The molecule has 0 fully saturated rings. The molecule has 4 heteroatoms. The third-order valence-electron chi connectivity index (χ3n) is 2.95. The SMILES string of the molecule is CNc1cncc(Oc2ccc(C(C)C)c(C)c2)n1. The van der Waals surface area contributed by atoms with Crippen molar-refractivity contribution in [3.05, 3.63) is 41.7 Å². The van der Waals surface area contributed by atoms with Crippen LogP contribution in [0.2, 0.25) is 0 Å². The Balaban J connectivity index is 2.21. The number of aromatic nitrogens is 2. The van der Waals surface area contributed by atoms with Gasteiger partial charge in [-0.1, -0.05) is 19.9 Å². The van der Waals surface area contributed by atoms with Crippen LogP contribution in [0.15, 0.2) is 30.6 Å². The van der Waals surface area contributed by atoms with Crippen LogP contribution >= 0.6 is 0 Å². The van der Waals surface area contributed by atoms with Crippen LogP contribution in [0.3, 0.4) is 0 Å². The molecule has 0 aliphatic carbocycles. The maximum atomic E-state index is 5.72. The normalized spacial score (nSPS) is 10.6. The molecule has 0 aliphatic rings. The molecule has 0 saturated carbocycles. The minimum atomic E-state index is 0.489. The second kappa shape index (κ2) is 5.69. The van der Waals surface area contributed by atoms with Gasteiger partial charge in [0.25, 0.3) is 0 Å². The summed E-state index contributed by atoms with van der Waals surface area (Å²) in [6.07, 6.45) is 3.26. The zero-order valence-corrected chi connectivity index (χ0v) is 11.8. The molecular formula is C15H19N3O. The van der Waals surface area contributed by atoms with E-state index in [1.165, 1.54) is 11.1 Å². The van der Waals surface area contributed by atoms with Gasteiger partial charge in [-0.25, -0.2) is 0 Å². The van der Waals surface area contributed by atoms with Gasteiger partial charge in [0.1, 0.15) is 11.6 Å². The maximum absolute atomic E-state index is 5.72. The highest BCUT2D eigenvalue weighted by atomic mass is 16.5. The molecule has 1 aromatic heterocycles. The van der Waals surface area contributed by atoms with Crippen LogP contribution in [-0.2, 0) is 0 Å². The summed E-state index contributed by atoms with van der Waals surface area (Å²) in [5.41, 5.74) is 2.56. The van der Waals surface area contributed by atoms with Crippen LogP contribution in [0, 0.1) is 6.92 Å². The minimum Gasteiger partial charge on any atom is -0.437 e. The van der Waals surface area contributed by atoms with Crippen molar-refractivity contribution >= 4 is 5.82 Å². The molecule has 1 N–H and O–H groups in total. The number of anilines is 1. The van der Waals surface area contributed by atoms with Crippen molar-refractivity contribution in [2.45, 2.75) is 26.7 Å². The number of benzene rings is 1. The van der Waals surface area contributed by atoms with Gasteiger partial charge < -0.3 is 10.1 Å². The lowest BCUT2D eigenvalue weighted by Crippen LogP contribution is -1.97. The second-order valence-corrected chi connectivity index (χ2v) is 4.77. The van der Waals surface area contributed by atoms with E-state index in [9.17, 15) is 0 Å². The number of ether oxygens (including phenoxy) is 1. The van der Waals surface area contributed by atoms with E-state index in [2.05, 4.69) is 42.1 Å².